The van der Waals surface area contributed by atoms with Crippen molar-refractivity contribution in [3.05, 3.63) is 65.2 Å². The number of carboxylic acids is 1. The Labute approximate surface area is 257 Å². The summed E-state index contributed by atoms with van der Waals surface area (Å²) < 4.78 is 0. The van der Waals surface area contributed by atoms with E-state index in [-0.39, 0.29) is 29.9 Å². The van der Waals surface area contributed by atoms with E-state index >= 15 is 0 Å². The van der Waals surface area contributed by atoms with Gasteiger partial charge in [-0.2, -0.15) is 0 Å². The van der Waals surface area contributed by atoms with Crippen LogP contribution < -0.4 is 0 Å². The van der Waals surface area contributed by atoms with Gasteiger partial charge in [-0.05, 0) is 107 Å². The highest BCUT2D eigenvalue weighted by atomic mass is 16.4. The van der Waals surface area contributed by atoms with Crippen LogP contribution in [0.5, 0.6) is 5.75 Å². The Morgan fingerprint density at radius 1 is 0.860 bits per heavy atom. The SMILES string of the molecule is C[C@@H]1CN([C@@H](c2cccc(O)c2)c2cccc(C(=O)C3CCN(CCCCCCC(=O)O)CC3)c2)[C@@H](C)CN1CC1CC1. The predicted molar refractivity (Wildman–Crippen MR) is 171 cm³/mol. The van der Waals surface area contributed by atoms with Gasteiger partial charge in [0.2, 0.25) is 0 Å². The normalized spacial score (nSPS) is 23.3. The standard InChI is InChI=1S/C36H51N3O4/c1-26-24-39(27(2)23-38(26)25-28-14-15-28)35(31-10-8-12-33(40)22-31)30-9-7-11-32(21-30)36(43)29-16-19-37(20-17-29)18-6-4-3-5-13-34(41)42/h7-12,21-22,26-29,35,40H,3-6,13-20,23-25H2,1-2H3,(H,41,42)/t26-,27+,35-/m1/s1. The van der Waals surface area contributed by atoms with E-state index in [9.17, 15) is 14.7 Å². The van der Waals surface area contributed by atoms with Crippen molar-refractivity contribution in [1.29, 1.82) is 0 Å². The summed E-state index contributed by atoms with van der Waals surface area (Å²) in [6.07, 6.45) is 8.63. The van der Waals surface area contributed by atoms with Crippen LogP contribution in [0.15, 0.2) is 48.5 Å². The van der Waals surface area contributed by atoms with Crippen LogP contribution in [0.1, 0.15) is 99.2 Å². The van der Waals surface area contributed by atoms with Gasteiger partial charge in [-0.25, -0.2) is 0 Å². The number of hydrogen-bond acceptors (Lipinski definition) is 6. The third-order valence-corrected chi connectivity index (χ3v) is 9.93. The zero-order valence-corrected chi connectivity index (χ0v) is 26.2. The number of unbranched alkanes of at least 4 members (excludes halogenated alkanes) is 3. The molecule has 3 atom stereocenters. The van der Waals surface area contributed by atoms with Crippen LogP contribution in [0.25, 0.3) is 0 Å². The molecule has 1 saturated carbocycles. The highest BCUT2D eigenvalue weighted by Gasteiger charge is 2.37. The van der Waals surface area contributed by atoms with Gasteiger partial charge < -0.3 is 15.1 Å². The van der Waals surface area contributed by atoms with E-state index < -0.39 is 5.97 Å². The number of aliphatic carboxylic acids is 1. The molecule has 0 unspecified atom stereocenters. The molecule has 0 aromatic heterocycles. The van der Waals surface area contributed by atoms with Gasteiger partial charge in [-0.15, -0.1) is 0 Å². The Hall–Kier alpha value is -2.74. The maximum Gasteiger partial charge on any atom is 0.303 e. The summed E-state index contributed by atoms with van der Waals surface area (Å²) in [6.45, 7) is 10.8. The largest absolute Gasteiger partial charge is 0.508 e. The summed E-state index contributed by atoms with van der Waals surface area (Å²) in [5, 5.41) is 19.2. The first-order valence-electron chi connectivity index (χ1n) is 16.7. The monoisotopic (exact) mass is 589 g/mol. The van der Waals surface area contributed by atoms with Crippen LogP contribution >= 0.6 is 0 Å². The lowest BCUT2D eigenvalue weighted by atomic mass is 9.86. The van der Waals surface area contributed by atoms with Crippen LogP contribution in [0, 0.1) is 11.8 Å². The Morgan fingerprint density at radius 2 is 1.56 bits per heavy atom. The maximum absolute atomic E-state index is 13.8. The quantitative estimate of drug-likeness (QED) is 0.200. The van der Waals surface area contributed by atoms with Crippen molar-refractivity contribution in [1.82, 2.24) is 14.7 Å². The first-order chi connectivity index (χ1) is 20.8. The Kier molecular flexibility index (Phi) is 10.9. The number of phenols is 1. The van der Waals surface area contributed by atoms with Crippen LogP contribution in [0.2, 0.25) is 0 Å². The minimum absolute atomic E-state index is 0.0299. The second-order valence-electron chi connectivity index (χ2n) is 13.5. The van der Waals surface area contributed by atoms with E-state index in [1.165, 1.54) is 19.4 Å². The summed E-state index contributed by atoms with van der Waals surface area (Å²) >= 11 is 0. The summed E-state index contributed by atoms with van der Waals surface area (Å²) in [6, 6.07) is 16.7. The minimum atomic E-state index is -0.710. The van der Waals surface area contributed by atoms with Gasteiger partial charge in [-0.1, -0.05) is 43.2 Å². The van der Waals surface area contributed by atoms with E-state index in [2.05, 4.69) is 46.7 Å². The third kappa shape index (κ3) is 8.68. The van der Waals surface area contributed by atoms with Gasteiger partial charge >= 0.3 is 5.97 Å². The number of Topliss-reactive ketones (excluding diaryl/α,β-unsaturated/α-hetero) is 1. The van der Waals surface area contributed by atoms with Crippen molar-refractivity contribution in [2.24, 2.45) is 11.8 Å². The third-order valence-electron chi connectivity index (χ3n) is 9.93. The number of carboxylic acid groups (broad SMARTS) is 1. The molecule has 7 nitrogen and oxygen atoms in total. The average molecular weight is 590 g/mol. The topological polar surface area (TPSA) is 84.3 Å². The lowest BCUT2D eigenvalue weighted by Crippen LogP contribution is -2.57. The number of ketones is 1. The molecule has 2 aliphatic heterocycles. The van der Waals surface area contributed by atoms with Gasteiger partial charge in [0, 0.05) is 49.6 Å². The number of hydrogen-bond donors (Lipinski definition) is 2. The highest BCUT2D eigenvalue weighted by Crippen LogP contribution is 2.37. The number of rotatable bonds is 14. The van der Waals surface area contributed by atoms with Crippen molar-refractivity contribution < 1.29 is 19.8 Å². The van der Waals surface area contributed by atoms with Gasteiger partial charge in [0.15, 0.2) is 5.78 Å². The highest BCUT2D eigenvalue weighted by molar-refractivity contribution is 5.98. The molecule has 2 aromatic carbocycles. The fraction of sp³-hybridized carbons (Fsp3) is 0.611. The van der Waals surface area contributed by atoms with E-state index in [1.54, 1.807) is 6.07 Å². The fourth-order valence-electron chi connectivity index (χ4n) is 7.22. The van der Waals surface area contributed by atoms with E-state index in [4.69, 9.17) is 5.11 Å². The predicted octanol–water partition coefficient (Wildman–Crippen LogP) is 6.22. The molecular formula is C36H51N3O4. The molecule has 0 bridgehead atoms. The Balaban J connectivity index is 1.24. The van der Waals surface area contributed by atoms with Crippen molar-refractivity contribution in [2.75, 3.05) is 39.3 Å². The molecule has 5 rings (SSSR count). The van der Waals surface area contributed by atoms with Crippen LogP contribution in [0.3, 0.4) is 0 Å². The number of carbonyl (C=O) groups excluding carboxylic acids is 1. The van der Waals surface area contributed by atoms with E-state index in [0.29, 0.717) is 12.1 Å². The summed E-state index contributed by atoms with van der Waals surface area (Å²) in [5.74, 6) is 0.730. The van der Waals surface area contributed by atoms with Crippen molar-refractivity contribution >= 4 is 11.8 Å². The first kappa shape index (κ1) is 31.7. The van der Waals surface area contributed by atoms with Crippen LogP contribution in [-0.2, 0) is 4.79 Å². The van der Waals surface area contributed by atoms with Gasteiger partial charge in [0.25, 0.3) is 0 Å². The maximum atomic E-state index is 13.8. The molecule has 3 fully saturated rings. The molecule has 2 heterocycles. The number of carbonyl (C=O) groups is 2. The first-order valence-corrected chi connectivity index (χ1v) is 16.7. The Morgan fingerprint density at radius 3 is 2.26 bits per heavy atom. The number of piperidine rings is 1. The van der Waals surface area contributed by atoms with Crippen LogP contribution in [-0.4, -0.2) is 88.0 Å². The molecule has 0 radical (unpaired) electrons. The molecule has 2 aromatic rings. The molecule has 3 aliphatic rings. The second-order valence-corrected chi connectivity index (χ2v) is 13.5. The van der Waals surface area contributed by atoms with E-state index in [1.807, 2.05) is 24.3 Å². The summed E-state index contributed by atoms with van der Waals surface area (Å²) in [7, 11) is 0. The van der Waals surface area contributed by atoms with Gasteiger partial charge in [0.05, 0.1) is 6.04 Å². The lowest BCUT2D eigenvalue weighted by Gasteiger charge is -2.48. The number of likely N-dealkylation sites (tertiary alicyclic amines) is 1. The zero-order valence-electron chi connectivity index (χ0n) is 26.2. The zero-order chi connectivity index (χ0) is 30.3. The van der Waals surface area contributed by atoms with Gasteiger partial charge in [-0.3, -0.25) is 19.4 Å². The fourth-order valence-corrected chi connectivity index (χ4v) is 7.22. The van der Waals surface area contributed by atoms with Crippen molar-refractivity contribution in [2.45, 2.75) is 89.8 Å². The number of piperazine rings is 1. The molecule has 234 valence electrons. The molecule has 43 heavy (non-hydrogen) atoms. The molecule has 0 amide bonds. The summed E-state index contributed by atoms with van der Waals surface area (Å²) in [4.78, 5) is 32.2. The van der Waals surface area contributed by atoms with E-state index in [0.717, 1.165) is 93.9 Å². The number of benzene rings is 2. The average Bonchev–Trinajstić information content (AvgIpc) is 3.82. The number of aromatic hydroxyl groups is 1. The summed E-state index contributed by atoms with van der Waals surface area (Å²) in [5.41, 5.74) is 2.98. The lowest BCUT2D eigenvalue weighted by molar-refractivity contribution is -0.137. The number of phenolic OH excluding ortho intramolecular Hbond substituents is 1. The van der Waals surface area contributed by atoms with Crippen molar-refractivity contribution in [3.8, 4) is 5.75 Å². The molecule has 2 N–H and O–H groups in total. The molecular weight excluding hydrogens is 538 g/mol. The molecule has 0 spiro atoms. The van der Waals surface area contributed by atoms with Gasteiger partial charge in [0.1, 0.15) is 5.75 Å². The minimum Gasteiger partial charge on any atom is -0.508 e. The molecule has 2 saturated heterocycles. The Bertz CT molecular complexity index is 1220. The van der Waals surface area contributed by atoms with Crippen LogP contribution in [0.4, 0.5) is 0 Å². The smallest absolute Gasteiger partial charge is 0.303 e. The molecule has 1 aliphatic carbocycles. The molecule has 7 heteroatoms. The van der Waals surface area contributed by atoms with Crippen molar-refractivity contribution in [3.63, 3.8) is 0 Å². The number of nitrogens with zero attached hydrogens (tertiary/aromatic N) is 3. The second kappa shape index (κ2) is 14.8.